The quantitative estimate of drug-likeness (QED) is 0.765. The number of aliphatic carboxylic acids is 1. The van der Waals surface area contributed by atoms with E-state index in [4.69, 9.17) is 5.11 Å². The second kappa shape index (κ2) is 4.74. The monoisotopic (exact) mass is 197 g/mol. The Morgan fingerprint density at radius 3 is 2.43 bits per heavy atom. The van der Waals surface area contributed by atoms with Crippen LogP contribution in [0.5, 0.6) is 0 Å². The van der Waals surface area contributed by atoms with Gasteiger partial charge in [0.15, 0.2) is 0 Å². The van der Waals surface area contributed by atoms with Crippen molar-refractivity contribution < 1.29 is 9.90 Å². The van der Waals surface area contributed by atoms with E-state index in [0.29, 0.717) is 18.9 Å². The summed E-state index contributed by atoms with van der Waals surface area (Å²) in [6.45, 7) is 4.48. The predicted octanol–water partition coefficient (Wildman–Crippen LogP) is 1.02. The summed E-state index contributed by atoms with van der Waals surface area (Å²) < 4.78 is 1.70. The number of carboxylic acids is 1. The molecule has 0 aliphatic rings. The number of hydrogen-bond acceptors (Lipinski definition) is 3. The fourth-order valence-electron chi connectivity index (χ4n) is 1.39. The van der Waals surface area contributed by atoms with Gasteiger partial charge in [-0.1, -0.05) is 13.8 Å². The summed E-state index contributed by atoms with van der Waals surface area (Å²) >= 11 is 0. The third-order valence-corrected chi connectivity index (χ3v) is 2.00. The molecule has 0 fully saturated rings. The van der Waals surface area contributed by atoms with E-state index in [9.17, 15) is 4.79 Å². The summed E-state index contributed by atoms with van der Waals surface area (Å²) in [6.07, 6.45) is 3.75. The van der Waals surface area contributed by atoms with Gasteiger partial charge in [0, 0.05) is 6.54 Å². The Bertz CT molecular complexity index is 282. The van der Waals surface area contributed by atoms with E-state index in [0.717, 1.165) is 0 Å². The molecule has 0 spiro atoms. The minimum atomic E-state index is -0.757. The van der Waals surface area contributed by atoms with Crippen LogP contribution in [0.3, 0.4) is 0 Å². The average molecular weight is 197 g/mol. The van der Waals surface area contributed by atoms with Crippen LogP contribution in [0.25, 0.3) is 0 Å². The van der Waals surface area contributed by atoms with Crippen molar-refractivity contribution in [2.24, 2.45) is 11.8 Å². The van der Waals surface area contributed by atoms with Gasteiger partial charge in [-0.3, -0.25) is 4.79 Å². The zero-order valence-corrected chi connectivity index (χ0v) is 8.42. The third-order valence-electron chi connectivity index (χ3n) is 2.00. The van der Waals surface area contributed by atoms with Crippen LogP contribution in [0, 0.1) is 11.8 Å². The van der Waals surface area contributed by atoms with Crippen LogP contribution in [-0.4, -0.2) is 25.8 Å². The van der Waals surface area contributed by atoms with E-state index in [-0.39, 0.29) is 5.92 Å². The van der Waals surface area contributed by atoms with Crippen LogP contribution in [0.15, 0.2) is 12.7 Å². The summed E-state index contributed by atoms with van der Waals surface area (Å²) in [6, 6.07) is 0. The molecule has 0 saturated carbocycles. The first kappa shape index (κ1) is 10.7. The van der Waals surface area contributed by atoms with Crippen molar-refractivity contribution in [3.05, 3.63) is 12.7 Å². The maximum absolute atomic E-state index is 10.9. The standard InChI is InChI=1S/C9H15N3O2/c1-7(2)3-8(9(13)14)4-12-5-10-11-6-12/h5-8H,3-4H2,1-2H3,(H,13,14). The second-order valence-electron chi connectivity index (χ2n) is 3.82. The number of aromatic nitrogens is 3. The largest absolute Gasteiger partial charge is 0.481 e. The molecule has 5 nitrogen and oxygen atoms in total. The molecular weight excluding hydrogens is 182 g/mol. The lowest BCUT2D eigenvalue weighted by molar-refractivity contribution is -0.142. The van der Waals surface area contributed by atoms with Crippen molar-refractivity contribution in [3.8, 4) is 0 Å². The van der Waals surface area contributed by atoms with Gasteiger partial charge in [0.25, 0.3) is 0 Å². The van der Waals surface area contributed by atoms with E-state index < -0.39 is 5.97 Å². The predicted molar refractivity (Wildman–Crippen MR) is 50.6 cm³/mol. The van der Waals surface area contributed by atoms with Gasteiger partial charge >= 0.3 is 5.97 Å². The molecule has 78 valence electrons. The van der Waals surface area contributed by atoms with Gasteiger partial charge < -0.3 is 9.67 Å². The lowest BCUT2D eigenvalue weighted by Gasteiger charge is -2.14. The summed E-state index contributed by atoms with van der Waals surface area (Å²) in [4.78, 5) is 10.9. The highest BCUT2D eigenvalue weighted by Gasteiger charge is 2.19. The maximum Gasteiger partial charge on any atom is 0.308 e. The van der Waals surface area contributed by atoms with Gasteiger partial charge in [-0.15, -0.1) is 10.2 Å². The van der Waals surface area contributed by atoms with E-state index in [1.165, 1.54) is 12.7 Å². The Labute approximate surface area is 82.8 Å². The first-order valence-electron chi connectivity index (χ1n) is 4.64. The number of nitrogens with zero attached hydrogens (tertiary/aromatic N) is 3. The Morgan fingerprint density at radius 2 is 2.00 bits per heavy atom. The number of hydrogen-bond donors (Lipinski definition) is 1. The summed E-state index contributed by atoms with van der Waals surface area (Å²) in [5, 5.41) is 16.2. The fourth-order valence-corrected chi connectivity index (χ4v) is 1.39. The summed E-state index contributed by atoms with van der Waals surface area (Å²) in [5.41, 5.74) is 0. The molecule has 0 saturated heterocycles. The molecule has 0 amide bonds. The molecule has 1 N–H and O–H groups in total. The van der Waals surface area contributed by atoms with Crippen molar-refractivity contribution >= 4 is 5.97 Å². The number of carboxylic acid groups (broad SMARTS) is 1. The van der Waals surface area contributed by atoms with Crippen LogP contribution < -0.4 is 0 Å². The summed E-state index contributed by atoms with van der Waals surface area (Å²) in [7, 11) is 0. The Morgan fingerprint density at radius 1 is 1.43 bits per heavy atom. The van der Waals surface area contributed by atoms with Crippen molar-refractivity contribution in [1.29, 1.82) is 0 Å². The van der Waals surface area contributed by atoms with E-state index in [1.54, 1.807) is 4.57 Å². The molecule has 1 heterocycles. The Hall–Kier alpha value is -1.39. The molecule has 0 radical (unpaired) electrons. The fraction of sp³-hybridized carbons (Fsp3) is 0.667. The third kappa shape index (κ3) is 3.16. The van der Waals surface area contributed by atoms with Crippen LogP contribution in [0.2, 0.25) is 0 Å². The molecule has 5 heteroatoms. The van der Waals surface area contributed by atoms with Crippen LogP contribution >= 0.6 is 0 Å². The lowest BCUT2D eigenvalue weighted by Crippen LogP contribution is -2.21. The molecule has 1 rings (SSSR count). The lowest BCUT2D eigenvalue weighted by atomic mass is 9.97. The SMILES string of the molecule is CC(C)CC(Cn1cnnc1)C(=O)O. The maximum atomic E-state index is 10.9. The second-order valence-corrected chi connectivity index (χ2v) is 3.82. The zero-order valence-electron chi connectivity index (χ0n) is 8.42. The number of rotatable bonds is 5. The minimum Gasteiger partial charge on any atom is -0.481 e. The highest BCUT2D eigenvalue weighted by atomic mass is 16.4. The first-order chi connectivity index (χ1) is 6.59. The molecule has 0 bridgehead atoms. The molecule has 14 heavy (non-hydrogen) atoms. The molecule has 0 aliphatic carbocycles. The van der Waals surface area contributed by atoms with E-state index in [2.05, 4.69) is 10.2 Å². The van der Waals surface area contributed by atoms with Gasteiger partial charge in [-0.25, -0.2) is 0 Å². The van der Waals surface area contributed by atoms with Gasteiger partial charge in [-0.2, -0.15) is 0 Å². The van der Waals surface area contributed by atoms with Crippen molar-refractivity contribution in [3.63, 3.8) is 0 Å². The Balaban J connectivity index is 2.56. The van der Waals surface area contributed by atoms with Gasteiger partial charge in [0.1, 0.15) is 12.7 Å². The van der Waals surface area contributed by atoms with Crippen molar-refractivity contribution in [1.82, 2.24) is 14.8 Å². The smallest absolute Gasteiger partial charge is 0.308 e. The van der Waals surface area contributed by atoms with E-state index >= 15 is 0 Å². The molecule has 0 aliphatic heterocycles. The average Bonchev–Trinajstić information content (AvgIpc) is 2.54. The molecule has 0 aromatic carbocycles. The molecule has 1 aromatic rings. The topological polar surface area (TPSA) is 68.0 Å². The molecular formula is C9H15N3O2. The summed E-state index contributed by atoms with van der Waals surface area (Å²) in [5.74, 6) is -0.731. The van der Waals surface area contributed by atoms with Gasteiger partial charge in [-0.05, 0) is 12.3 Å². The minimum absolute atomic E-state index is 0.356. The van der Waals surface area contributed by atoms with Crippen molar-refractivity contribution in [2.75, 3.05) is 0 Å². The van der Waals surface area contributed by atoms with Crippen LogP contribution in [0.1, 0.15) is 20.3 Å². The molecule has 1 atom stereocenters. The van der Waals surface area contributed by atoms with Crippen LogP contribution in [-0.2, 0) is 11.3 Å². The first-order valence-corrected chi connectivity index (χ1v) is 4.64. The molecule has 1 aromatic heterocycles. The van der Waals surface area contributed by atoms with Crippen LogP contribution in [0.4, 0.5) is 0 Å². The normalized spacial score (nSPS) is 13.1. The van der Waals surface area contributed by atoms with Crippen molar-refractivity contribution in [2.45, 2.75) is 26.8 Å². The Kier molecular flexibility index (Phi) is 3.62. The molecule has 1 unspecified atom stereocenters. The highest BCUT2D eigenvalue weighted by molar-refractivity contribution is 5.69. The number of carbonyl (C=O) groups is 1. The van der Waals surface area contributed by atoms with Gasteiger partial charge in [0.2, 0.25) is 0 Å². The zero-order chi connectivity index (χ0) is 10.6. The highest BCUT2D eigenvalue weighted by Crippen LogP contribution is 2.13. The van der Waals surface area contributed by atoms with Gasteiger partial charge in [0.05, 0.1) is 5.92 Å². The van der Waals surface area contributed by atoms with E-state index in [1.807, 2.05) is 13.8 Å².